The molecule has 0 aliphatic carbocycles. The van der Waals surface area contributed by atoms with Crippen molar-refractivity contribution in [1.82, 2.24) is 9.47 Å². The van der Waals surface area contributed by atoms with Crippen LogP contribution in [-0.2, 0) is 11.8 Å². The van der Waals surface area contributed by atoms with Gasteiger partial charge in [-0.1, -0.05) is 29.8 Å². The van der Waals surface area contributed by atoms with Crippen molar-refractivity contribution in [2.75, 3.05) is 13.1 Å². The van der Waals surface area contributed by atoms with E-state index in [4.69, 9.17) is 11.6 Å². The molecule has 0 N–H and O–H groups in total. The molecule has 3 rings (SSSR count). The molecule has 118 valence electrons. The number of halogens is 3. The van der Waals surface area contributed by atoms with Gasteiger partial charge in [-0.2, -0.15) is 8.78 Å². The molecule has 1 aliphatic rings. The summed E-state index contributed by atoms with van der Waals surface area (Å²) in [7, 11) is 1.77. The van der Waals surface area contributed by atoms with Crippen molar-refractivity contribution in [1.29, 1.82) is 0 Å². The quantitative estimate of drug-likeness (QED) is 0.866. The summed E-state index contributed by atoms with van der Waals surface area (Å²) < 4.78 is 30.7. The van der Waals surface area contributed by atoms with Gasteiger partial charge in [-0.25, -0.2) is 0 Å². The number of hydrogen-bond acceptors (Lipinski definition) is 2. The third-order valence-corrected chi connectivity index (χ3v) is 4.36. The van der Waals surface area contributed by atoms with Gasteiger partial charge in [0.05, 0.1) is 11.1 Å². The summed E-state index contributed by atoms with van der Waals surface area (Å²) in [4.78, 5) is 14.2. The lowest BCUT2D eigenvalue weighted by molar-refractivity contribution is -0.158. The average Bonchev–Trinajstić information content (AvgIpc) is 3.03. The van der Waals surface area contributed by atoms with Crippen molar-refractivity contribution in [3.8, 4) is 0 Å². The molecule has 2 heterocycles. The minimum Gasteiger partial charge on any atom is -0.338 e. The molecule has 1 fully saturated rings. The Bertz CT molecular complexity index is 678. The van der Waals surface area contributed by atoms with Gasteiger partial charge in [0.25, 0.3) is 5.91 Å². The number of alkyl halides is 2. The van der Waals surface area contributed by atoms with Gasteiger partial charge in [0.1, 0.15) is 5.69 Å². The molecule has 0 unspecified atom stereocenters. The number of likely N-dealkylation sites (tertiary alicyclic amines) is 1. The van der Waals surface area contributed by atoms with Gasteiger partial charge in [0.2, 0.25) is 0 Å². The molecule has 0 spiro atoms. The zero-order chi connectivity index (χ0) is 15.9. The summed E-state index contributed by atoms with van der Waals surface area (Å²) in [5, 5.41) is 1.19. The topological polar surface area (TPSA) is 34.5 Å². The van der Waals surface area contributed by atoms with Crippen LogP contribution in [0.25, 0.3) is 10.9 Å². The van der Waals surface area contributed by atoms with E-state index in [2.05, 4.69) is 4.74 Å². The average molecular weight is 329 g/mol. The van der Waals surface area contributed by atoms with E-state index in [1.807, 2.05) is 24.3 Å². The second-order valence-corrected chi connectivity index (χ2v) is 5.68. The Kier molecular flexibility index (Phi) is 4.06. The standard InChI is InChI=1S/C15H15ClF2N2O2/c1-19-11-5-3-2-4-10(11)12(16)13(19)14(21)20-7-6-9(8-20)22-15(17)18/h2-5,9,15H,6-8H2,1H3/t9-/m0/s1. The van der Waals surface area contributed by atoms with Gasteiger partial charge in [0.15, 0.2) is 0 Å². The zero-order valence-corrected chi connectivity index (χ0v) is 12.7. The number of nitrogens with zero attached hydrogens (tertiary/aromatic N) is 2. The van der Waals surface area contributed by atoms with Crippen LogP contribution >= 0.6 is 11.6 Å². The van der Waals surface area contributed by atoms with Crippen molar-refractivity contribution < 1.29 is 18.3 Å². The van der Waals surface area contributed by atoms with Gasteiger partial charge in [0, 0.05) is 31.0 Å². The van der Waals surface area contributed by atoms with Crippen molar-refractivity contribution in [3.05, 3.63) is 35.0 Å². The predicted octanol–water partition coefficient (Wildman–Crippen LogP) is 3.29. The molecule has 1 atom stereocenters. The van der Waals surface area contributed by atoms with E-state index in [1.165, 1.54) is 4.90 Å². The van der Waals surface area contributed by atoms with E-state index in [1.54, 1.807) is 11.6 Å². The number of rotatable bonds is 3. The fraction of sp³-hybridized carbons (Fsp3) is 0.400. The second-order valence-electron chi connectivity index (χ2n) is 5.30. The van der Waals surface area contributed by atoms with Gasteiger partial charge in [-0.05, 0) is 12.5 Å². The highest BCUT2D eigenvalue weighted by Gasteiger charge is 2.32. The molecule has 7 heteroatoms. The van der Waals surface area contributed by atoms with Crippen LogP contribution in [0.1, 0.15) is 16.9 Å². The van der Waals surface area contributed by atoms with Crippen LogP contribution in [0.2, 0.25) is 5.02 Å². The van der Waals surface area contributed by atoms with Gasteiger partial charge in [-0.15, -0.1) is 0 Å². The molecule has 22 heavy (non-hydrogen) atoms. The lowest BCUT2D eigenvalue weighted by atomic mass is 10.2. The highest BCUT2D eigenvalue weighted by Crippen LogP contribution is 2.31. The molecule has 0 radical (unpaired) electrons. The molecular weight excluding hydrogens is 314 g/mol. The summed E-state index contributed by atoms with van der Waals surface area (Å²) in [6.07, 6.45) is -0.227. The number of benzene rings is 1. The maximum absolute atomic E-state index is 12.7. The molecule has 0 saturated carbocycles. The fourth-order valence-corrected chi connectivity index (χ4v) is 3.27. The number of ether oxygens (including phenoxy) is 1. The molecule has 4 nitrogen and oxygen atoms in total. The summed E-state index contributed by atoms with van der Waals surface area (Å²) in [5.74, 6) is -0.260. The lowest BCUT2D eigenvalue weighted by Gasteiger charge is -2.17. The first-order valence-corrected chi connectivity index (χ1v) is 7.32. The first-order chi connectivity index (χ1) is 10.5. The first kappa shape index (κ1) is 15.2. The van der Waals surface area contributed by atoms with Crippen LogP contribution in [0.15, 0.2) is 24.3 Å². The van der Waals surface area contributed by atoms with Crippen LogP contribution in [0, 0.1) is 0 Å². The number of carbonyl (C=O) groups is 1. The number of para-hydroxylation sites is 1. The van der Waals surface area contributed by atoms with Crippen molar-refractivity contribution in [2.24, 2.45) is 7.05 Å². The Hall–Kier alpha value is -1.66. The summed E-state index contributed by atoms with van der Waals surface area (Å²) in [5.41, 5.74) is 1.23. The van der Waals surface area contributed by atoms with Gasteiger partial charge < -0.3 is 14.2 Å². The second kappa shape index (κ2) is 5.85. The minimum atomic E-state index is -2.82. The number of carbonyl (C=O) groups excluding carboxylic acids is 1. The molecular formula is C15H15ClF2N2O2. The maximum atomic E-state index is 12.7. The van der Waals surface area contributed by atoms with Gasteiger partial charge in [-0.3, -0.25) is 4.79 Å². The number of hydrogen-bond donors (Lipinski definition) is 0. The third kappa shape index (κ3) is 2.57. The van der Waals surface area contributed by atoms with Crippen LogP contribution < -0.4 is 0 Å². The minimum absolute atomic E-state index is 0.154. The van der Waals surface area contributed by atoms with Gasteiger partial charge >= 0.3 is 6.61 Å². The monoisotopic (exact) mass is 328 g/mol. The van der Waals surface area contributed by atoms with Crippen LogP contribution in [0.4, 0.5) is 8.78 Å². The molecule has 1 amide bonds. The molecule has 1 saturated heterocycles. The Labute approximate surface area is 131 Å². The first-order valence-electron chi connectivity index (χ1n) is 6.95. The summed E-state index contributed by atoms with van der Waals surface area (Å²) in [6, 6.07) is 7.45. The van der Waals surface area contributed by atoms with E-state index >= 15 is 0 Å². The molecule has 0 bridgehead atoms. The smallest absolute Gasteiger partial charge is 0.338 e. The van der Waals surface area contributed by atoms with E-state index in [0.717, 1.165) is 10.9 Å². The number of amides is 1. The van der Waals surface area contributed by atoms with Crippen molar-refractivity contribution >= 4 is 28.4 Å². The highest BCUT2D eigenvalue weighted by molar-refractivity contribution is 6.38. The van der Waals surface area contributed by atoms with Crippen LogP contribution in [0.3, 0.4) is 0 Å². The summed E-state index contributed by atoms with van der Waals surface area (Å²) in [6.45, 7) is -2.28. The number of aryl methyl sites for hydroxylation is 1. The zero-order valence-electron chi connectivity index (χ0n) is 11.9. The van der Waals surface area contributed by atoms with Crippen LogP contribution in [-0.4, -0.2) is 41.2 Å². The highest BCUT2D eigenvalue weighted by atomic mass is 35.5. The van der Waals surface area contributed by atoms with E-state index < -0.39 is 12.7 Å². The number of aromatic nitrogens is 1. The van der Waals surface area contributed by atoms with Crippen molar-refractivity contribution in [3.63, 3.8) is 0 Å². The fourth-order valence-electron chi connectivity index (χ4n) is 2.90. The number of fused-ring (bicyclic) bond motifs is 1. The SMILES string of the molecule is Cn1c(C(=O)N2CC[C@H](OC(F)F)C2)c(Cl)c2ccccc21. The molecule has 1 aliphatic heterocycles. The van der Waals surface area contributed by atoms with E-state index in [-0.39, 0.29) is 12.5 Å². The molecule has 1 aromatic carbocycles. The predicted molar refractivity (Wildman–Crippen MR) is 79.3 cm³/mol. The Morgan fingerprint density at radius 3 is 2.82 bits per heavy atom. The Morgan fingerprint density at radius 2 is 2.14 bits per heavy atom. The van der Waals surface area contributed by atoms with Crippen molar-refractivity contribution in [2.45, 2.75) is 19.1 Å². The summed E-state index contributed by atoms with van der Waals surface area (Å²) >= 11 is 6.34. The maximum Gasteiger partial charge on any atom is 0.345 e. The molecule has 1 aromatic heterocycles. The van der Waals surface area contributed by atoms with Crippen LogP contribution in [0.5, 0.6) is 0 Å². The Morgan fingerprint density at radius 1 is 1.41 bits per heavy atom. The third-order valence-electron chi connectivity index (χ3n) is 3.98. The van der Waals surface area contributed by atoms with E-state index in [9.17, 15) is 13.6 Å². The largest absolute Gasteiger partial charge is 0.345 e. The lowest BCUT2D eigenvalue weighted by Crippen LogP contribution is -2.32. The molecule has 2 aromatic rings. The Balaban J connectivity index is 1.87. The normalized spacial score (nSPS) is 18.6. The van der Waals surface area contributed by atoms with E-state index in [0.29, 0.717) is 23.7 Å².